The highest BCUT2D eigenvalue weighted by molar-refractivity contribution is 5.79. The first-order valence-corrected chi connectivity index (χ1v) is 8.13. The molecule has 1 aromatic carbocycles. The Labute approximate surface area is 131 Å². The normalized spacial score (nSPS) is 22.8. The van der Waals surface area contributed by atoms with Crippen molar-refractivity contribution < 1.29 is 14.7 Å². The van der Waals surface area contributed by atoms with Crippen molar-refractivity contribution in [1.29, 1.82) is 0 Å². The van der Waals surface area contributed by atoms with E-state index >= 15 is 0 Å². The Morgan fingerprint density at radius 1 is 1.18 bits per heavy atom. The van der Waals surface area contributed by atoms with Crippen LogP contribution in [0.25, 0.3) is 0 Å². The number of carbonyl (C=O) groups excluding carboxylic acids is 1. The minimum absolute atomic E-state index is 0.0737. The van der Waals surface area contributed by atoms with E-state index < -0.39 is 5.97 Å². The average Bonchev–Trinajstić information content (AvgIpc) is 2.54. The zero-order valence-corrected chi connectivity index (χ0v) is 13.1. The second-order valence-electron chi connectivity index (χ2n) is 6.30. The van der Waals surface area contributed by atoms with Crippen molar-refractivity contribution in [3.63, 3.8) is 0 Å². The highest BCUT2D eigenvalue weighted by Crippen LogP contribution is 2.35. The number of nitrogens with one attached hydrogen (secondary N) is 1. The van der Waals surface area contributed by atoms with Gasteiger partial charge >= 0.3 is 5.97 Å². The van der Waals surface area contributed by atoms with Crippen molar-refractivity contribution in [3.05, 3.63) is 35.9 Å². The summed E-state index contributed by atoms with van der Waals surface area (Å²) in [5.74, 6) is -0.0872. The van der Waals surface area contributed by atoms with Gasteiger partial charge in [-0.15, -0.1) is 0 Å². The summed E-state index contributed by atoms with van der Waals surface area (Å²) in [6, 6.07) is 10.4. The fraction of sp³-hybridized carbons (Fsp3) is 0.556. The molecule has 120 valence electrons. The fourth-order valence-electron chi connectivity index (χ4n) is 3.19. The Bertz CT molecular complexity index is 492. The van der Waals surface area contributed by atoms with Gasteiger partial charge in [-0.3, -0.25) is 9.59 Å². The lowest BCUT2D eigenvalue weighted by molar-refractivity contribution is -0.137. The summed E-state index contributed by atoms with van der Waals surface area (Å²) >= 11 is 0. The Hall–Kier alpha value is -1.84. The zero-order valence-electron chi connectivity index (χ0n) is 13.1. The molecule has 0 spiro atoms. The predicted octanol–water partition coefficient (Wildman–Crippen LogP) is 3.33. The highest BCUT2D eigenvalue weighted by Gasteiger charge is 2.27. The van der Waals surface area contributed by atoms with Crippen LogP contribution in [0.5, 0.6) is 0 Å². The van der Waals surface area contributed by atoms with E-state index in [0.29, 0.717) is 12.3 Å². The van der Waals surface area contributed by atoms with E-state index in [-0.39, 0.29) is 24.3 Å². The first-order valence-electron chi connectivity index (χ1n) is 8.13. The molecule has 0 aromatic heterocycles. The first-order chi connectivity index (χ1) is 10.6. The third-order valence-electron chi connectivity index (χ3n) is 4.55. The molecule has 1 aliphatic rings. The number of benzene rings is 1. The van der Waals surface area contributed by atoms with E-state index in [1.165, 1.54) is 5.56 Å². The van der Waals surface area contributed by atoms with E-state index in [0.717, 1.165) is 25.7 Å². The number of aliphatic carboxylic acids is 1. The predicted molar refractivity (Wildman–Crippen MR) is 85.6 cm³/mol. The maximum Gasteiger partial charge on any atom is 0.303 e. The molecule has 0 aliphatic heterocycles. The molecule has 4 nitrogen and oxygen atoms in total. The SMILES string of the molecule is CC(CCC(=O)O)NC(=O)C1CCC(c2ccccc2)CC1. The molecule has 2 N–H and O–H groups in total. The quantitative estimate of drug-likeness (QED) is 0.847. The number of carboxylic acids is 1. The van der Waals surface area contributed by atoms with Gasteiger partial charge < -0.3 is 10.4 Å². The van der Waals surface area contributed by atoms with Crippen LogP contribution < -0.4 is 5.32 Å². The van der Waals surface area contributed by atoms with Crippen molar-refractivity contribution in [2.75, 3.05) is 0 Å². The molecule has 0 radical (unpaired) electrons. The van der Waals surface area contributed by atoms with Crippen molar-refractivity contribution in [2.45, 2.75) is 57.4 Å². The average molecular weight is 303 g/mol. The smallest absolute Gasteiger partial charge is 0.303 e. The van der Waals surface area contributed by atoms with Gasteiger partial charge in [0.05, 0.1) is 0 Å². The highest BCUT2D eigenvalue weighted by atomic mass is 16.4. The molecule has 1 aromatic rings. The lowest BCUT2D eigenvalue weighted by Crippen LogP contribution is -2.38. The molecule has 0 heterocycles. The molecule has 1 unspecified atom stereocenters. The van der Waals surface area contributed by atoms with Crippen molar-refractivity contribution in [3.8, 4) is 0 Å². The molecule has 1 aliphatic carbocycles. The molecule has 2 rings (SSSR count). The van der Waals surface area contributed by atoms with Crippen LogP contribution in [0.3, 0.4) is 0 Å². The lowest BCUT2D eigenvalue weighted by Gasteiger charge is -2.29. The monoisotopic (exact) mass is 303 g/mol. The van der Waals surface area contributed by atoms with Gasteiger partial charge in [-0.1, -0.05) is 30.3 Å². The van der Waals surface area contributed by atoms with Crippen LogP contribution in [0.1, 0.15) is 56.9 Å². The topological polar surface area (TPSA) is 66.4 Å². The standard InChI is InChI=1S/C18H25NO3/c1-13(7-12-17(20)21)19-18(22)16-10-8-15(9-11-16)14-5-3-2-4-6-14/h2-6,13,15-16H,7-12H2,1H3,(H,19,22)(H,20,21). The van der Waals surface area contributed by atoms with Gasteiger partial charge in [0.2, 0.25) is 5.91 Å². The summed E-state index contributed by atoms with van der Waals surface area (Å²) in [5, 5.41) is 11.6. The Morgan fingerprint density at radius 2 is 1.82 bits per heavy atom. The molecule has 1 atom stereocenters. The van der Waals surface area contributed by atoms with Crippen LogP contribution in [0, 0.1) is 5.92 Å². The third-order valence-corrected chi connectivity index (χ3v) is 4.55. The largest absolute Gasteiger partial charge is 0.481 e. The van der Waals surface area contributed by atoms with Crippen molar-refractivity contribution >= 4 is 11.9 Å². The summed E-state index contributed by atoms with van der Waals surface area (Å²) in [7, 11) is 0. The van der Waals surface area contributed by atoms with Crippen LogP contribution in [0.15, 0.2) is 30.3 Å². The van der Waals surface area contributed by atoms with Gasteiger partial charge in [0.15, 0.2) is 0 Å². The van der Waals surface area contributed by atoms with E-state index in [4.69, 9.17) is 5.11 Å². The minimum atomic E-state index is -0.815. The van der Waals surface area contributed by atoms with E-state index in [9.17, 15) is 9.59 Å². The number of carbonyl (C=O) groups is 2. The number of hydrogen-bond donors (Lipinski definition) is 2. The summed E-state index contributed by atoms with van der Waals surface area (Å²) in [6.07, 6.45) is 4.51. The van der Waals surface area contributed by atoms with Gasteiger partial charge in [-0.2, -0.15) is 0 Å². The Morgan fingerprint density at radius 3 is 2.41 bits per heavy atom. The van der Waals surface area contributed by atoms with Crippen LogP contribution in [0.4, 0.5) is 0 Å². The van der Waals surface area contributed by atoms with E-state index in [1.807, 2.05) is 13.0 Å². The molecule has 0 bridgehead atoms. The lowest BCUT2D eigenvalue weighted by atomic mass is 9.78. The number of amides is 1. The van der Waals surface area contributed by atoms with Gasteiger partial charge in [0, 0.05) is 18.4 Å². The summed E-state index contributed by atoms with van der Waals surface area (Å²) in [5.41, 5.74) is 1.37. The van der Waals surface area contributed by atoms with Crippen molar-refractivity contribution in [2.24, 2.45) is 5.92 Å². The third kappa shape index (κ3) is 4.86. The molecular formula is C18H25NO3. The van der Waals surface area contributed by atoms with Gasteiger partial charge in [0.1, 0.15) is 0 Å². The van der Waals surface area contributed by atoms with Gasteiger partial charge in [-0.25, -0.2) is 0 Å². The summed E-state index contributed by atoms with van der Waals surface area (Å²) < 4.78 is 0. The molecule has 1 amide bonds. The zero-order chi connectivity index (χ0) is 15.9. The Kier molecular flexibility index (Phi) is 5.99. The Balaban J connectivity index is 1.76. The molecule has 0 saturated heterocycles. The number of rotatable bonds is 6. The van der Waals surface area contributed by atoms with Gasteiger partial charge in [-0.05, 0) is 50.5 Å². The van der Waals surface area contributed by atoms with E-state index in [2.05, 4.69) is 29.6 Å². The molecule has 22 heavy (non-hydrogen) atoms. The molecular weight excluding hydrogens is 278 g/mol. The maximum atomic E-state index is 12.2. The van der Waals surface area contributed by atoms with Gasteiger partial charge in [0.25, 0.3) is 0 Å². The molecule has 1 fully saturated rings. The van der Waals surface area contributed by atoms with Crippen molar-refractivity contribution in [1.82, 2.24) is 5.32 Å². The van der Waals surface area contributed by atoms with Crippen LogP contribution in [-0.2, 0) is 9.59 Å². The first kappa shape index (κ1) is 16.5. The second kappa shape index (κ2) is 7.97. The second-order valence-corrected chi connectivity index (χ2v) is 6.30. The summed E-state index contributed by atoms with van der Waals surface area (Å²) in [4.78, 5) is 22.8. The van der Waals surface area contributed by atoms with Crippen LogP contribution >= 0.6 is 0 Å². The van der Waals surface area contributed by atoms with E-state index in [1.54, 1.807) is 0 Å². The molecule has 1 saturated carbocycles. The molecule has 4 heteroatoms. The number of carboxylic acid groups (broad SMARTS) is 1. The minimum Gasteiger partial charge on any atom is -0.481 e. The maximum absolute atomic E-state index is 12.2. The van der Waals surface area contributed by atoms with Crippen LogP contribution in [0.2, 0.25) is 0 Å². The number of hydrogen-bond acceptors (Lipinski definition) is 2. The van der Waals surface area contributed by atoms with Crippen LogP contribution in [-0.4, -0.2) is 23.0 Å². The summed E-state index contributed by atoms with van der Waals surface area (Å²) in [6.45, 7) is 1.87. The fourth-order valence-corrected chi connectivity index (χ4v) is 3.19.